The van der Waals surface area contributed by atoms with Crippen molar-refractivity contribution in [2.75, 3.05) is 26.2 Å². The maximum absolute atomic E-state index is 12.4. The van der Waals surface area contributed by atoms with Crippen molar-refractivity contribution in [3.63, 3.8) is 0 Å². The minimum atomic E-state index is 0.0503. The first kappa shape index (κ1) is 17.4. The summed E-state index contributed by atoms with van der Waals surface area (Å²) in [7, 11) is 0. The number of aliphatic hydroxyl groups excluding tert-OH is 1. The molecule has 0 bridgehead atoms. The quantitative estimate of drug-likeness (QED) is 0.718. The molecule has 1 atom stereocenters. The third-order valence-electron chi connectivity index (χ3n) is 5.10. The van der Waals surface area contributed by atoms with E-state index in [4.69, 9.17) is 0 Å². The van der Waals surface area contributed by atoms with Gasteiger partial charge in [0, 0.05) is 13.2 Å². The van der Waals surface area contributed by atoms with Crippen LogP contribution in [0.4, 0.5) is 0 Å². The van der Waals surface area contributed by atoms with Gasteiger partial charge < -0.3 is 10.4 Å². The second-order valence-corrected chi connectivity index (χ2v) is 6.04. The van der Waals surface area contributed by atoms with Crippen LogP contribution in [0.15, 0.2) is 0 Å². The Bertz CT molecular complexity index is 290. The van der Waals surface area contributed by atoms with E-state index >= 15 is 0 Å². The van der Waals surface area contributed by atoms with Gasteiger partial charge in [-0.15, -0.1) is 0 Å². The lowest BCUT2D eigenvalue weighted by Gasteiger charge is -2.36. The van der Waals surface area contributed by atoms with Crippen LogP contribution in [0, 0.1) is 5.41 Å². The minimum absolute atomic E-state index is 0.0503. The first-order valence-corrected chi connectivity index (χ1v) is 8.25. The fourth-order valence-electron chi connectivity index (χ4n) is 3.24. The summed E-state index contributed by atoms with van der Waals surface area (Å²) in [6.07, 6.45) is 6.08. The van der Waals surface area contributed by atoms with E-state index in [0.717, 1.165) is 45.2 Å². The first-order chi connectivity index (χ1) is 9.62. The van der Waals surface area contributed by atoms with Crippen LogP contribution in [0.2, 0.25) is 0 Å². The van der Waals surface area contributed by atoms with Gasteiger partial charge in [-0.2, -0.15) is 0 Å². The number of aliphatic hydroxyl groups is 1. The zero-order valence-electron chi connectivity index (χ0n) is 13.5. The highest BCUT2D eigenvalue weighted by molar-refractivity contribution is 5.81. The fourth-order valence-corrected chi connectivity index (χ4v) is 3.24. The lowest BCUT2D eigenvalue weighted by atomic mass is 9.79. The number of nitrogens with zero attached hydrogens (tertiary/aromatic N) is 1. The van der Waals surface area contributed by atoms with Crippen molar-refractivity contribution in [1.29, 1.82) is 0 Å². The third kappa shape index (κ3) is 4.45. The monoisotopic (exact) mass is 284 g/mol. The van der Waals surface area contributed by atoms with E-state index in [9.17, 15) is 9.90 Å². The van der Waals surface area contributed by atoms with E-state index in [1.54, 1.807) is 0 Å². The Morgan fingerprint density at radius 2 is 2.00 bits per heavy atom. The van der Waals surface area contributed by atoms with Crippen molar-refractivity contribution in [2.45, 2.75) is 65.3 Å². The van der Waals surface area contributed by atoms with E-state index in [0.29, 0.717) is 6.54 Å². The second kappa shape index (κ2) is 8.63. The summed E-state index contributed by atoms with van der Waals surface area (Å²) < 4.78 is 0. The highest BCUT2D eigenvalue weighted by atomic mass is 16.3. The minimum Gasteiger partial charge on any atom is -0.396 e. The van der Waals surface area contributed by atoms with Crippen LogP contribution < -0.4 is 5.32 Å². The molecule has 118 valence electrons. The number of hydrogen-bond donors (Lipinski definition) is 2. The predicted octanol–water partition coefficient (Wildman–Crippen LogP) is 2.17. The molecule has 1 aliphatic heterocycles. The van der Waals surface area contributed by atoms with Crippen LogP contribution in [0.5, 0.6) is 0 Å². The van der Waals surface area contributed by atoms with Crippen molar-refractivity contribution in [1.82, 2.24) is 10.2 Å². The molecule has 0 radical (unpaired) electrons. The number of piperidine rings is 1. The van der Waals surface area contributed by atoms with E-state index in [-0.39, 0.29) is 24.0 Å². The number of carbonyl (C=O) groups is 1. The topological polar surface area (TPSA) is 52.6 Å². The van der Waals surface area contributed by atoms with Crippen LogP contribution in [0.25, 0.3) is 0 Å². The maximum Gasteiger partial charge on any atom is 0.237 e. The largest absolute Gasteiger partial charge is 0.396 e. The molecule has 1 unspecified atom stereocenters. The van der Waals surface area contributed by atoms with Gasteiger partial charge >= 0.3 is 0 Å². The second-order valence-electron chi connectivity index (χ2n) is 6.04. The van der Waals surface area contributed by atoms with E-state index in [2.05, 4.69) is 31.0 Å². The number of likely N-dealkylation sites (tertiary alicyclic amines) is 1. The maximum atomic E-state index is 12.4. The molecule has 20 heavy (non-hydrogen) atoms. The smallest absolute Gasteiger partial charge is 0.237 e. The third-order valence-corrected chi connectivity index (χ3v) is 5.10. The summed E-state index contributed by atoms with van der Waals surface area (Å²) in [5, 5.41) is 12.4. The van der Waals surface area contributed by atoms with E-state index < -0.39 is 0 Å². The Labute approximate surface area is 123 Å². The molecule has 0 aromatic heterocycles. The van der Waals surface area contributed by atoms with Crippen LogP contribution in [-0.4, -0.2) is 48.2 Å². The van der Waals surface area contributed by atoms with Crippen LogP contribution in [0.1, 0.15) is 59.3 Å². The predicted molar refractivity (Wildman–Crippen MR) is 82.6 cm³/mol. The van der Waals surface area contributed by atoms with Gasteiger partial charge in [0.05, 0.1) is 6.04 Å². The van der Waals surface area contributed by atoms with Gasteiger partial charge in [-0.3, -0.25) is 9.69 Å². The Balaban J connectivity index is 2.55. The fraction of sp³-hybridized carbons (Fsp3) is 0.938. The zero-order chi connectivity index (χ0) is 15.0. The summed E-state index contributed by atoms with van der Waals surface area (Å²) in [6, 6.07) is 0.0503. The number of amides is 1. The molecular formula is C16H32N2O2. The van der Waals surface area contributed by atoms with Crippen molar-refractivity contribution in [2.24, 2.45) is 5.41 Å². The molecule has 4 heteroatoms. The Hall–Kier alpha value is -0.610. The molecule has 0 spiro atoms. The highest BCUT2D eigenvalue weighted by Crippen LogP contribution is 2.29. The number of carbonyl (C=O) groups excluding carboxylic acids is 1. The van der Waals surface area contributed by atoms with Crippen LogP contribution in [0.3, 0.4) is 0 Å². The molecule has 1 heterocycles. The van der Waals surface area contributed by atoms with Gasteiger partial charge in [0.1, 0.15) is 0 Å². The first-order valence-electron chi connectivity index (χ1n) is 8.25. The average molecular weight is 284 g/mol. The van der Waals surface area contributed by atoms with E-state index in [1.807, 2.05) is 0 Å². The summed E-state index contributed by atoms with van der Waals surface area (Å²) in [6.45, 7) is 9.28. The molecule has 1 rings (SSSR count). The van der Waals surface area contributed by atoms with Crippen molar-refractivity contribution in [3.05, 3.63) is 0 Å². The van der Waals surface area contributed by atoms with Crippen molar-refractivity contribution < 1.29 is 9.90 Å². The molecule has 1 saturated heterocycles. The molecule has 0 saturated carbocycles. The number of likely N-dealkylation sites (N-methyl/N-ethyl adjacent to an activating group) is 1. The standard InChI is InChI=1S/C16H32N2O2/c1-4-16(5-2,10-12-19)13-17-15(20)14-9-7-8-11-18(14)6-3/h14,19H,4-13H2,1-3H3,(H,17,20). The number of hydrogen-bond acceptors (Lipinski definition) is 3. The number of rotatable bonds is 8. The molecule has 2 N–H and O–H groups in total. The van der Waals surface area contributed by atoms with Gasteiger partial charge in [-0.05, 0) is 50.6 Å². The summed E-state index contributed by atoms with van der Waals surface area (Å²) in [4.78, 5) is 14.7. The molecule has 1 fully saturated rings. The van der Waals surface area contributed by atoms with Gasteiger partial charge in [-0.1, -0.05) is 27.2 Å². The van der Waals surface area contributed by atoms with Crippen molar-refractivity contribution >= 4 is 5.91 Å². The molecule has 0 aromatic rings. The normalized spacial score (nSPS) is 20.9. The number of nitrogens with one attached hydrogen (secondary N) is 1. The Kier molecular flexibility index (Phi) is 7.52. The SMILES string of the molecule is CCN1CCCCC1C(=O)NCC(CC)(CC)CCO. The average Bonchev–Trinajstić information content (AvgIpc) is 2.51. The molecule has 4 nitrogen and oxygen atoms in total. The van der Waals surface area contributed by atoms with Crippen LogP contribution in [-0.2, 0) is 4.79 Å². The summed E-state index contributed by atoms with van der Waals surface area (Å²) >= 11 is 0. The highest BCUT2D eigenvalue weighted by Gasteiger charge is 2.30. The van der Waals surface area contributed by atoms with Crippen molar-refractivity contribution in [3.8, 4) is 0 Å². The molecule has 1 amide bonds. The summed E-state index contributed by atoms with van der Waals surface area (Å²) in [5.41, 5.74) is 0.0517. The lowest BCUT2D eigenvalue weighted by Crippen LogP contribution is -2.51. The van der Waals surface area contributed by atoms with E-state index in [1.165, 1.54) is 6.42 Å². The zero-order valence-corrected chi connectivity index (χ0v) is 13.5. The van der Waals surface area contributed by atoms with Gasteiger partial charge in [0.25, 0.3) is 0 Å². The Morgan fingerprint density at radius 3 is 2.55 bits per heavy atom. The van der Waals surface area contributed by atoms with Gasteiger partial charge in [0.2, 0.25) is 5.91 Å². The lowest BCUT2D eigenvalue weighted by molar-refractivity contribution is -0.128. The Morgan fingerprint density at radius 1 is 1.30 bits per heavy atom. The molecule has 0 aliphatic carbocycles. The summed E-state index contributed by atoms with van der Waals surface area (Å²) in [5.74, 6) is 0.177. The van der Waals surface area contributed by atoms with Gasteiger partial charge in [-0.25, -0.2) is 0 Å². The van der Waals surface area contributed by atoms with Gasteiger partial charge in [0.15, 0.2) is 0 Å². The molecular weight excluding hydrogens is 252 g/mol. The van der Waals surface area contributed by atoms with Crippen LogP contribution >= 0.6 is 0 Å². The molecule has 0 aromatic carbocycles. The molecule has 1 aliphatic rings.